The first-order valence-corrected chi connectivity index (χ1v) is 14.1. The fraction of sp³-hybridized carbons (Fsp3) is 0.276. The van der Waals surface area contributed by atoms with Gasteiger partial charge in [0.1, 0.15) is 17.5 Å². The minimum absolute atomic E-state index is 0.0614. The maximum Gasteiger partial charge on any atom is 0.262 e. The maximum absolute atomic E-state index is 12.8. The highest BCUT2D eigenvalue weighted by atomic mass is 32.2. The number of hydrazone groups is 1. The van der Waals surface area contributed by atoms with Crippen LogP contribution in [0, 0.1) is 12.8 Å². The van der Waals surface area contributed by atoms with E-state index in [1.54, 1.807) is 67.8 Å². The molecule has 0 saturated carbocycles. The molecule has 0 fully saturated rings. The van der Waals surface area contributed by atoms with Gasteiger partial charge in [-0.15, -0.1) is 0 Å². The number of ether oxygens (including phenoxy) is 2. The third-order valence-electron chi connectivity index (χ3n) is 5.66. The molecule has 3 N–H and O–H groups in total. The summed E-state index contributed by atoms with van der Waals surface area (Å²) < 4.78 is 38.7. The van der Waals surface area contributed by atoms with Gasteiger partial charge in [0, 0.05) is 5.69 Å². The fourth-order valence-electron chi connectivity index (χ4n) is 3.57. The van der Waals surface area contributed by atoms with Crippen molar-refractivity contribution in [3.8, 4) is 11.5 Å². The van der Waals surface area contributed by atoms with Gasteiger partial charge >= 0.3 is 0 Å². The number of aryl methyl sites for hydroxylation is 1. The van der Waals surface area contributed by atoms with Crippen molar-refractivity contribution in [1.29, 1.82) is 0 Å². The van der Waals surface area contributed by atoms with Gasteiger partial charge < -0.3 is 14.8 Å². The van der Waals surface area contributed by atoms with Crippen molar-refractivity contribution in [2.75, 3.05) is 19.0 Å². The molecule has 212 valence electrons. The van der Waals surface area contributed by atoms with Crippen molar-refractivity contribution >= 4 is 33.7 Å². The van der Waals surface area contributed by atoms with E-state index in [4.69, 9.17) is 9.47 Å². The second-order valence-electron chi connectivity index (χ2n) is 9.49. The maximum atomic E-state index is 12.8. The molecule has 2 amide bonds. The average molecular weight is 567 g/mol. The van der Waals surface area contributed by atoms with E-state index in [9.17, 15) is 18.0 Å². The molecule has 0 saturated heterocycles. The minimum Gasteiger partial charge on any atom is -0.497 e. The number of methoxy groups -OCH3 is 1. The summed E-state index contributed by atoms with van der Waals surface area (Å²) in [6, 6.07) is 19.1. The number of benzene rings is 3. The molecule has 0 unspecified atom stereocenters. The zero-order chi connectivity index (χ0) is 29.1. The number of nitrogens with one attached hydrogen (secondary N) is 3. The Morgan fingerprint density at radius 3 is 2.15 bits per heavy atom. The quantitative estimate of drug-likeness (QED) is 0.212. The number of amides is 2. The average Bonchev–Trinajstić information content (AvgIpc) is 2.92. The van der Waals surface area contributed by atoms with Gasteiger partial charge in [-0.25, -0.2) is 13.8 Å². The van der Waals surface area contributed by atoms with Crippen LogP contribution < -0.4 is 24.9 Å². The number of sulfonamides is 1. The van der Waals surface area contributed by atoms with Gasteiger partial charge in [0.2, 0.25) is 10.0 Å². The first-order valence-electron chi connectivity index (χ1n) is 12.6. The highest BCUT2D eigenvalue weighted by Gasteiger charge is 2.26. The molecule has 0 bridgehead atoms. The Morgan fingerprint density at radius 2 is 1.55 bits per heavy atom. The predicted molar refractivity (Wildman–Crippen MR) is 154 cm³/mol. The second kappa shape index (κ2) is 14.2. The number of anilines is 1. The van der Waals surface area contributed by atoms with Crippen molar-refractivity contribution in [2.24, 2.45) is 11.0 Å². The molecule has 0 heterocycles. The van der Waals surface area contributed by atoms with Gasteiger partial charge in [0.05, 0.1) is 18.2 Å². The Labute approximate surface area is 234 Å². The van der Waals surface area contributed by atoms with Crippen LogP contribution in [-0.4, -0.2) is 46.2 Å². The lowest BCUT2D eigenvalue weighted by atomic mass is 10.0. The van der Waals surface area contributed by atoms with Gasteiger partial charge in [0.25, 0.3) is 11.8 Å². The van der Waals surface area contributed by atoms with Gasteiger partial charge in [0.15, 0.2) is 6.61 Å². The number of carbonyl (C=O) groups is 2. The summed E-state index contributed by atoms with van der Waals surface area (Å²) in [4.78, 5) is 25.0. The van der Waals surface area contributed by atoms with Crippen LogP contribution in [0.15, 0.2) is 82.8 Å². The molecule has 0 aliphatic carbocycles. The molecule has 0 spiro atoms. The minimum atomic E-state index is -3.89. The predicted octanol–water partition coefficient (Wildman–Crippen LogP) is 3.86. The van der Waals surface area contributed by atoms with Crippen LogP contribution in [0.1, 0.15) is 31.4 Å². The van der Waals surface area contributed by atoms with E-state index in [0.29, 0.717) is 29.2 Å². The summed E-state index contributed by atoms with van der Waals surface area (Å²) in [5, 5.41) is 6.71. The summed E-state index contributed by atoms with van der Waals surface area (Å²) in [5.41, 5.74) is 4.64. The zero-order valence-electron chi connectivity index (χ0n) is 22.9. The second-order valence-corrected chi connectivity index (χ2v) is 11.2. The van der Waals surface area contributed by atoms with Crippen molar-refractivity contribution in [1.82, 2.24) is 10.1 Å². The molecule has 40 heavy (non-hydrogen) atoms. The lowest BCUT2D eigenvalue weighted by Gasteiger charge is -2.19. The van der Waals surface area contributed by atoms with Gasteiger partial charge in [-0.1, -0.05) is 31.5 Å². The molecular formula is C29H34N4O6S. The van der Waals surface area contributed by atoms with Crippen molar-refractivity contribution in [2.45, 2.75) is 38.1 Å². The first-order chi connectivity index (χ1) is 19.1. The van der Waals surface area contributed by atoms with Crippen molar-refractivity contribution < 1.29 is 27.5 Å². The molecule has 0 radical (unpaired) electrons. The van der Waals surface area contributed by atoms with E-state index in [1.807, 2.05) is 20.8 Å². The zero-order valence-corrected chi connectivity index (χ0v) is 23.7. The van der Waals surface area contributed by atoms with Crippen LogP contribution in [0.25, 0.3) is 0 Å². The molecule has 1 atom stereocenters. The number of carbonyl (C=O) groups excluding carboxylic acids is 2. The highest BCUT2D eigenvalue weighted by molar-refractivity contribution is 7.89. The fourth-order valence-corrected chi connectivity index (χ4v) is 4.78. The van der Waals surface area contributed by atoms with E-state index < -0.39 is 22.0 Å². The lowest BCUT2D eigenvalue weighted by Crippen LogP contribution is -2.46. The topological polar surface area (TPSA) is 135 Å². The van der Waals surface area contributed by atoms with E-state index in [1.165, 1.54) is 18.3 Å². The van der Waals surface area contributed by atoms with E-state index in [2.05, 4.69) is 20.6 Å². The summed E-state index contributed by atoms with van der Waals surface area (Å²) >= 11 is 0. The van der Waals surface area contributed by atoms with E-state index in [-0.39, 0.29) is 23.3 Å². The Balaban J connectivity index is 1.52. The molecule has 11 heteroatoms. The van der Waals surface area contributed by atoms with Crippen LogP contribution in [-0.2, 0) is 19.6 Å². The number of rotatable bonds is 13. The Kier molecular flexibility index (Phi) is 10.8. The van der Waals surface area contributed by atoms with Gasteiger partial charge in [-0.3, -0.25) is 9.59 Å². The molecule has 3 aromatic rings. The lowest BCUT2D eigenvalue weighted by molar-refractivity contribution is -0.123. The van der Waals surface area contributed by atoms with Crippen LogP contribution >= 0.6 is 0 Å². The SMILES string of the molecule is COc1ccc(NC(=O)COc2ccc(/C=N\NC(=O)[C@@H](CC(C)C)NS(=O)(=O)c3ccc(C)cc3)cc2)cc1. The molecule has 3 aromatic carbocycles. The Hall–Kier alpha value is -4.22. The van der Waals surface area contributed by atoms with Crippen molar-refractivity contribution in [3.63, 3.8) is 0 Å². The summed E-state index contributed by atoms with van der Waals surface area (Å²) in [7, 11) is -2.32. The summed E-state index contributed by atoms with van der Waals surface area (Å²) in [6.45, 7) is 5.48. The largest absolute Gasteiger partial charge is 0.497 e. The third kappa shape index (κ3) is 9.51. The van der Waals surface area contributed by atoms with Crippen molar-refractivity contribution in [3.05, 3.63) is 83.9 Å². The van der Waals surface area contributed by atoms with Crippen LogP contribution in [0.3, 0.4) is 0 Å². The van der Waals surface area contributed by atoms with Crippen LogP contribution in [0.5, 0.6) is 11.5 Å². The monoisotopic (exact) mass is 566 g/mol. The molecule has 0 aromatic heterocycles. The first kappa shape index (κ1) is 30.3. The van der Waals surface area contributed by atoms with E-state index >= 15 is 0 Å². The molecular weight excluding hydrogens is 532 g/mol. The van der Waals surface area contributed by atoms with Gasteiger partial charge in [-0.2, -0.15) is 9.82 Å². The molecule has 0 aliphatic rings. The smallest absolute Gasteiger partial charge is 0.262 e. The van der Waals surface area contributed by atoms with Crippen LogP contribution in [0.4, 0.5) is 5.69 Å². The normalized spacial score (nSPS) is 12.2. The Morgan fingerprint density at radius 1 is 0.925 bits per heavy atom. The number of nitrogens with zero attached hydrogens (tertiary/aromatic N) is 1. The summed E-state index contributed by atoms with van der Waals surface area (Å²) in [6.07, 6.45) is 1.73. The molecule has 10 nitrogen and oxygen atoms in total. The van der Waals surface area contributed by atoms with Gasteiger partial charge in [-0.05, 0) is 85.5 Å². The highest BCUT2D eigenvalue weighted by Crippen LogP contribution is 2.16. The molecule has 3 rings (SSSR count). The number of hydrogen-bond acceptors (Lipinski definition) is 7. The Bertz CT molecular complexity index is 1400. The van der Waals surface area contributed by atoms with E-state index in [0.717, 1.165) is 5.56 Å². The summed E-state index contributed by atoms with van der Waals surface area (Å²) in [5.74, 6) is 0.353. The number of hydrogen-bond donors (Lipinski definition) is 3. The third-order valence-corrected chi connectivity index (χ3v) is 7.15. The standard InChI is InChI=1S/C29H34N4O6S/c1-20(2)17-27(33-40(36,37)26-15-5-21(3)6-16-26)29(35)32-30-18-22-7-11-25(12-8-22)39-19-28(34)31-23-9-13-24(38-4)14-10-23/h5-16,18,20,27,33H,17,19H2,1-4H3,(H,31,34)(H,32,35)/b30-18-/t27-/m1/s1. The molecule has 0 aliphatic heterocycles. The van der Waals surface area contributed by atoms with Crippen LogP contribution in [0.2, 0.25) is 0 Å².